The summed E-state index contributed by atoms with van der Waals surface area (Å²) in [5.41, 5.74) is 5.34. The molecule has 132 valence electrons. The van der Waals surface area contributed by atoms with Gasteiger partial charge in [-0.3, -0.25) is 0 Å². The second-order valence-corrected chi connectivity index (χ2v) is 7.19. The van der Waals surface area contributed by atoms with Crippen molar-refractivity contribution in [1.29, 1.82) is 5.26 Å². The number of pyridine rings is 1. The van der Waals surface area contributed by atoms with E-state index >= 15 is 0 Å². The Morgan fingerprint density at radius 1 is 1.19 bits per heavy atom. The van der Waals surface area contributed by atoms with Crippen LogP contribution in [0.25, 0.3) is 22.0 Å². The third-order valence-corrected chi connectivity index (χ3v) is 4.96. The van der Waals surface area contributed by atoms with Crippen molar-refractivity contribution in [3.8, 4) is 17.2 Å². The number of rotatable bonds is 4. The minimum Gasteiger partial charge on any atom is -0.374 e. The second-order valence-electron chi connectivity index (χ2n) is 6.75. The van der Waals surface area contributed by atoms with Crippen LogP contribution in [-0.4, -0.2) is 18.6 Å². The van der Waals surface area contributed by atoms with E-state index in [1.165, 1.54) is 5.56 Å². The zero-order valence-corrected chi connectivity index (χ0v) is 16.3. The Kier molecular flexibility index (Phi) is 5.15. The molecule has 0 radical (unpaired) electrons. The number of hydrogen-bond acceptors (Lipinski definition) is 3. The molecule has 1 aromatic heterocycles. The predicted octanol–water partition coefficient (Wildman–Crippen LogP) is 6.01. The van der Waals surface area contributed by atoms with Gasteiger partial charge in [-0.25, -0.2) is 4.98 Å². The molecule has 0 amide bonds. The van der Waals surface area contributed by atoms with Crippen molar-refractivity contribution in [2.24, 2.45) is 0 Å². The third-order valence-electron chi connectivity index (χ3n) is 4.72. The molecule has 0 aliphatic rings. The SMILES string of the molecule is CCN(C)c1c(-c2cccc(C(C)C)c2)c(C#N)nc2ccc(Cl)cc12. The number of nitriles is 1. The number of halogens is 1. The molecule has 0 unspecified atom stereocenters. The van der Waals surface area contributed by atoms with E-state index in [1.54, 1.807) is 0 Å². The van der Waals surface area contributed by atoms with Crippen LogP contribution in [0.3, 0.4) is 0 Å². The molecule has 26 heavy (non-hydrogen) atoms. The first kappa shape index (κ1) is 18.2. The molecule has 4 heteroatoms. The Hall–Kier alpha value is -2.57. The van der Waals surface area contributed by atoms with Crippen LogP contribution in [-0.2, 0) is 0 Å². The van der Waals surface area contributed by atoms with Crippen molar-refractivity contribution in [2.75, 3.05) is 18.5 Å². The topological polar surface area (TPSA) is 39.9 Å². The van der Waals surface area contributed by atoms with E-state index < -0.39 is 0 Å². The quantitative estimate of drug-likeness (QED) is 0.570. The molecule has 3 rings (SSSR count). The highest BCUT2D eigenvalue weighted by molar-refractivity contribution is 6.31. The van der Waals surface area contributed by atoms with Gasteiger partial charge >= 0.3 is 0 Å². The van der Waals surface area contributed by atoms with E-state index in [4.69, 9.17) is 11.6 Å². The van der Waals surface area contributed by atoms with Crippen molar-refractivity contribution in [3.63, 3.8) is 0 Å². The smallest absolute Gasteiger partial charge is 0.151 e. The number of hydrogen-bond donors (Lipinski definition) is 0. The summed E-state index contributed by atoms with van der Waals surface area (Å²) in [5.74, 6) is 0.413. The lowest BCUT2D eigenvalue weighted by molar-refractivity contribution is 0.867. The fourth-order valence-corrected chi connectivity index (χ4v) is 3.35. The Balaban J connectivity index is 2.43. The summed E-state index contributed by atoms with van der Waals surface area (Å²) in [6.45, 7) is 7.24. The first-order valence-electron chi connectivity index (χ1n) is 8.81. The standard InChI is InChI=1S/C22H22ClN3/c1-5-26(4)22-18-12-17(23)9-10-19(18)25-20(13-24)21(22)16-8-6-7-15(11-16)14(2)3/h6-12,14H,5H2,1-4H3. The molecule has 1 heterocycles. The van der Waals surface area contributed by atoms with Gasteiger partial charge < -0.3 is 4.90 Å². The molecule has 0 saturated heterocycles. The summed E-state index contributed by atoms with van der Waals surface area (Å²) < 4.78 is 0. The van der Waals surface area contributed by atoms with Crippen LogP contribution in [0.2, 0.25) is 5.02 Å². The average molecular weight is 364 g/mol. The maximum Gasteiger partial charge on any atom is 0.151 e. The van der Waals surface area contributed by atoms with Crippen LogP contribution in [0.1, 0.15) is 37.9 Å². The van der Waals surface area contributed by atoms with Gasteiger partial charge in [0.05, 0.1) is 11.2 Å². The van der Waals surface area contributed by atoms with Crippen molar-refractivity contribution in [3.05, 3.63) is 58.7 Å². The van der Waals surface area contributed by atoms with Crippen LogP contribution < -0.4 is 4.90 Å². The molecule has 0 N–H and O–H groups in total. The van der Waals surface area contributed by atoms with Crippen LogP contribution in [0, 0.1) is 11.3 Å². The summed E-state index contributed by atoms with van der Waals surface area (Å²) in [7, 11) is 2.03. The fraction of sp³-hybridized carbons (Fsp3) is 0.273. The highest BCUT2D eigenvalue weighted by atomic mass is 35.5. The number of nitrogens with zero attached hydrogens (tertiary/aromatic N) is 3. The molecule has 0 atom stereocenters. The number of benzene rings is 2. The van der Waals surface area contributed by atoms with Crippen LogP contribution in [0.15, 0.2) is 42.5 Å². The highest BCUT2D eigenvalue weighted by Gasteiger charge is 2.20. The molecule has 0 spiro atoms. The van der Waals surface area contributed by atoms with Crippen molar-refractivity contribution >= 4 is 28.2 Å². The fourth-order valence-electron chi connectivity index (χ4n) is 3.18. The molecular weight excluding hydrogens is 342 g/mol. The lowest BCUT2D eigenvalue weighted by atomic mass is 9.94. The summed E-state index contributed by atoms with van der Waals surface area (Å²) in [6.07, 6.45) is 0. The van der Waals surface area contributed by atoms with E-state index in [-0.39, 0.29) is 0 Å². The molecule has 0 aliphatic carbocycles. The Bertz CT molecular complexity index is 1000. The molecule has 3 aromatic rings. The van der Waals surface area contributed by atoms with Crippen molar-refractivity contribution in [1.82, 2.24) is 4.98 Å². The number of anilines is 1. The Morgan fingerprint density at radius 2 is 1.96 bits per heavy atom. The van der Waals surface area contributed by atoms with E-state index in [1.807, 2.05) is 37.4 Å². The van der Waals surface area contributed by atoms with Gasteiger partial charge in [-0.15, -0.1) is 0 Å². The first-order valence-corrected chi connectivity index (χ1v) is 9.18. The van der Waals surface area contributed by atoms with Crippen molar-refractivity contribution < 1.29 is 0 Å². The average Bonchev–Trinajstić information content (AvgIpc) is 2.65. The molecular formula is C22H22ClN3. The van der Waals surface area contributed by atoms with Crippen molar-refractivity contribution in [2.45, 2.75) is 26.7 Å². The molecule has 0 bridgehead atoms. The van der Waals surface area contributed by atoms with Gasteiger partial charge in [0.2, 0.25) is 0 Å². The van der Waals surface area contributed by atoms with E-state index in [0.717, 1.165) is 34.3 Å². The van der Waals surface area contributed by atoms with Gasteiger partial charge in [0, 0.05) is 29.6 Å². The van der Waals surface area contributed by atoms with Gasteiger partial charge in [-0.05, 0) is 42.2 Å². The Morgan fingerprint density at radius 3 is 2.62 bits per heavy atom. The maximum atomic E-state index is 9.79. The lowest BCUT2D eigenvalue weighted by Crippen LogP contribution is -2.18. The van der Waals surface area contributed by atoms with E-state index in [9.17, 15) is 5.26 Å². The largest absolute Gasteiger partial charge is 0.374 e. The Labute approximate surface area is 159 Å². The summed E-state index contributed by atoms with van der Waals surface area (Å²) in [4.78, 5) is 6.77. The number of fused-ring (bicyclic) bond motifs is 1. The highest BCUT2D eigenvalue weighted by Crippen LogP contribution is 2.40. The van der Waals surface area contributed by atoms with Gasteiger partial charge in [-0.1, -0.05) is 49.7 Å². The maximum absolute atomic E-state index is 9.79. The summed E-state index contributed by atoms with van der Waals surface area (Å²) in [6, 6.07) is 16.3. The van der Waals surface area contributed by atoms with Gasteiger partial charge in [0.15, 0.2) is 5.69 Å². The van der Waals surface area contributed by atoms with E-state index in [2.05, 4.69) is 48.9 Å². The molecule has 0 saturated carbocycles. The minimum absolute atomic E-state index is 0.413. The minimum atomic E-state index is 0.413. The zero-order valence-electron chi connectivity index (χ0n) is 15.5. The first-order chi connectivity index (χ1) is 12.5. The van der Waals surface area contributed by atoms with Gasteiger partial charge in [-0.2, -0.15) is 5.26 Å². The lowest BCUT2D eigenvalue weighted by Gasteiger charge is -2.24. The zero-order chi connectivity index (χ0) is 18.8. The molecule has 3 nitrogen and oxygen atoms in total. The molecule has 2 aromatic carbocycles. The van der Waals surface area contributed by atoms with Crippen LogP contribution in [0.5, 0.6) is 0 Å². The van der Waals surface area contributed by atoms with Gasteiger partial charge in [0.1, 0.15) is 6.07 Å². The normalized spacial score (nSPS) is 11.0. The second kappa shape index (κ2) is 7.35. The van der Waals surface area contributed by atoms with Crippen LogP contribution >= 0.6 is 11.6 Å². The van der Waals surface area contributed by atoms with Crippen LogP contribution in [0.4, 0.5) is 5.69 Å². The van der Waals surface area contributed by atoms with E-state index in [0.29, 0.717) is 16.6 Å². The number of aromatic nitrogens is 1. The summed E-state index contributed by atoms with van der Waals surface area (Å²) in [5, 5.41) is 11.4. The monoisotopic (exact) mass is 363 g/mol. The predicted molar refractivity (Wildman–Crippen MR) is 110 cm³/mol. The van der Waals surface area contributed by atoms with Gasteiger partial charge in [0.25, 0.3) is 0 Å². The summed E-state index contributed by atoms with van der Waals surface area (Å²) >= 11 is 6.27. The third kappa shape index (κ3) is 3.25. The molecule has 0 aliphatic heterocycles. The molecule has 0 fully saturated rings.